The molecule has 230 valence electrons. The number of carbonyl (C=O) groups excluding carboxylic acids is 1. The first-order valence-corrected chi connectivity index (χ1v) is 15.0. The lowest BCUT2D eigenvalue weighted by atomic mass is 9.99. The lowest BCUT2D eigenvalue weighted by molar-refractivity contribution is -0.128. The van der Waals surface area contributed by atoms with E-state index < -0.39 is 12.0 Å². The Bertz CT molecular complexity index is 1620. The first kappa shape index (κ1) is 29.8. The molecule has 3 aromatic rings. The molecule has 3 aliphatic rings. The van der Waals surface area contributed by atoms with E-state index in [1.807, 2.05) is 0 Å². The van der Waals surface area contributed by atoms with Crippen molar-refractivity contribution in [3.05, 3.63) is 77.3 Å². The lowest BCUT2D eigenvalue weighted by Gasteiger charge is -2.41. The van der Waals surface area contributed by atoms with Crippen LogP contribution in [0.3, 0.4) is 0 Å². The number of likely N-dealkylation sites (N-methyl/N-ethyl adjacent to an activating group) is 1. The largest absolute Gasteiger partial charge is 0.462 e. The number of aromatic nitrogens is 2. The van der Waals surface area contributed by atoms with Crippen molar-refractivity contribution in [1.29, 1.82) is 0 Å². The summed E-state index contributed by atoms with van der Waals surface area (Å²) in [6.45, 7) is 15.8. The summed E-state index contributed by atoms with van der Waals surface area (Å²) in [6, 6.07) is 12.0. The predicted molar refractivity (Wildman–Crippen MR) is 166 cm³/mol. The topological polar surface area (TPSA) is 69.4 Å². The molecule has 11 heteroatoms. The number of nitrogens with zero attached hydrogens (tertiary/aromatic N) is 7. The van der Waals surface area contributed by atoms with E-state index in [-0.39, 0.29) is 44.1 Å². The number of rotatable bonds is 7. The molecule has 44 heavy (non-hydrogen) atoms. The van der Waals surface area contributed by atoms with Gasteiger partial charge in [-0.15, -0.1) is 0 Å². The van der Waals surface area contributed by atoms with E-state index >= 15 is 0 Å². The van der Waals surface area contributed by atoms with Crippen molar-refractivity contribution in [3.8, 4) is 6.01 Å². The Morgan fingerprint density at radius 1 is 1.16 bits per heavy atom. The van der Waals surface area contributed by atoms with Gasteiger partial charge in [-0.25, -0.2) is 15.4 Å². The van der Waals surface area contributed by atoms with Gasteiger partial charge in [0.25, 0.3) is 5.92 Å². The van der Waals surface area contributed by atoms with Crippen molar-refractivity contribution < 1.29 is 18.3 Å². The maximum absolute atomic E-state index is 14.1. The van der Waals surface area contributed by atoms with Crippen LogP contribution in [0.5, 0.6) is 6.01 Å². The molecule has 9 nitrogen and oxygen atoms in total. The number of piperazine rings is 1. The number of aryl methyl sites for hydroxylation is 1. The fourth-order valence-corrected chi connectivity index (χ4v) is 6.82. The molecule has 2 saturated heterocycles. The summed E-state index contributed by atoms with van der Waals surface area (Å²) in [6.07, 6.45) is 1.72. The third kappa shape index (κ3) is 5.78. The highest BCUT2D eigenvalue weighted by atomic mass is 19.3. The van der Waals surface area contributed by atoms with Gasteiger partial charge in [0.15, 0.2) is 0 Å². The summed E-state index contributed by atoms with van der Waals surface area (Å²) in [4.78, 5) is 33.6. The maximum atomic E-state index is 14.1. The third-order valence-electron chi connectivity index (χ3n) is 9.04. The van der Waals surface area contributed by atoms with Gasteiger partial charge in [-0.1, -0.05) is 36.9 Å². The van der Waals surface area contributed by atoms with Crippen molar-refractivity contribution in [2.45, 2.75) is 44.3 Å². The van der Waals surface area contributed by atoms with Crippen LogP contribution in [0, 0.1) is 13.5 Å². The smallest absolute Gasteiger partial charge is 0.318 e. The van der Waals surface area contributed by atoms with Gasteiger partial charge in [0.2, 0.25) is 12.5 Å². The van der Waals surface area contributed by atoms with Crippen LogP contribution in [0.25, 0.3) is 15.6 Å². The molecule has 0 saturated carbocycles. The third-order valence-corrected chi connectivity index (χ3v) is 9.04. The first-order chi connectivity index (χ1) is 21.2. The fourth-order valence-electron chi connectivity index (χ4n) is 6.82. The van der Waals surface area contributed by atoms with Gasteiger partial charge in [-0.3, -0.25) is 9.69 Å². The van der Waals surface area contributed by atoms with Crippen LogP contribution in [0.15, 0.2) is 49.1 Å². The van der Waals surface area contributed by atoms with Crippen molar-refractivity contribution in [3.63, 3.8) is 0 Å². The molecule has 0 bridgehead atoms. The number of anilines is 2. The average molecular weight is 602 g/mol. The fraction of sp³-hybridized carbons (Fsp3) is 0.455. The molecule has 1 amide bonds. The van der Waals surface area contributed by atoms with Gasteiger partial charge in [0.1, 0.15) is 18.5 Å². The van der Waals surface area contributed by atoms with Crippen LogP contribution in [0.4, 0.5) is 20.3 Å². The number of carbonyl (C=O) groups is 1. The highest BCUT2D eigenvalue weighted by Gasteiger charge is 2.43. The summed E-state index contributed by atoms with van der Waals surface area (Å²) in [5.41, 5.74) is 4.18. The minimum atomic E-state index is -2.75. The zero-order valence-electron chi connectivity index (χ0n) is 25.2. The molecule has 0 radical (unpaired) electrons. The number of likely N-dealkylation sites (tertiary alicyclic amines) is 1. The summed E-state index contributed by atoms with van der Waals surface area (Å²) in [7, 11) is 1.68. The van der Waals surface area contributed by atoms with Crippen LogP contribution in [0.1, 0.15) is 23.2 Å². The van der Waals surface area contributed by atoms with E-state index in [1.165, 1.54) is 22.4 Å². The van der Waals surface area contributed by atoms with Crippen LogP contribution in [0.2, 0.25) is 0 Å². The van der Waals surface area contributed by atoms with Gasteiger partial charge >= 0.3 is 6.01 Å². The van der Waals surface area contributed by atoms with E-state index in [9.17, 15) is 13.6 Å². The minimum Gasteiger partial charge on any atom is -0.462 e. The second-order valence-corrected chi connectivity index (χ2v) is 12.0. The zero-order valence-corrected chi connectivity index (χ0v) is 25.2. The number of ether oxygens (including phenoxy) is 1. The second-order valence-electron chi connectivity index (χ2n) is 12.0. The van der Waals surface area contributed by atoms with E-state index in [4.69, 9.17) is 21.3 Å². The van der Waals surface area contributed by atoms with E-state index in [0.717, 1.165) is 29.3 Å². The highest BCUT2D eigenvalue weighted by Crippen LogP contribution is 2.36. The molecule has 2 atom stereocenters. The van der Waals surface area contributed by atoms with Crippen molar-refractivity contribution in [1.82, 2.24) is 19.8 Å². The molecular formula is C33H37F2N7O2. The van der Waals surface area contributed by atoms with E-state index in [2.05, 4.69) is 64.5 Å². The number of hydrogen-bond acceptors (Lipinski definition) is 7. The monoisotopic (exact) mass is 601 g/mol. The summed E-state index contributed by atoms with van der Waals surface area (Å²) in [5, 5.41) is 2.38. The summed E-state index contributed by atoms with van der Waals surface area (Å²) >= 11 is 0. The SMILES string of the molecule is [C-]#[N+]C[C@H]1CN(c2nc(OC[C@@H]3CC(F)(F)CN3C)nc3c2CCN(c2cccc4cccc(C)c24)C3)CCN1C(=O)C=C. The maximum Gasteiger partial charge on any atom is 0.318 e. The Hall–Kier alpha value is -4.30. The molecule has 6 rings (SSSR count). The average Bonchev–Trinajstić information content (AvgIpc) is 3.29. The molecule has 0 spiro atoms. The second kappa shape index (κ2) is 12.0. The Balaban J connectivity index is 1.34. The predicted octanol–water partition coefficient (Wildman–Crippen LogP) is 4.34. The van der Waals surface area contributed by atoms with Crippen molar-refractivity contribution in [2.75, 3.05) is 62.7 Å². The Morgan fingerprint density at radius 2 is 1.95 bits per heavy atom. The van der Waals surface area contributed by atoms with Crippen LogP contribution in [-0.2, 0) is 17.8 Å². The zero-order chi connectivity index (χ0) is 31.0. The van der Waals surface area contributed by atoms with Gasteiger partial charge in [0.05, 0.1) is 18.8 Å². The Morgan fingerprint density at radius 3 is 2.68 bits per heavy atom. The number of benzene rings is 2. The highest BCUT2D eigenvalue weighted by molar-refractivity contribution is 5.97. The lowest BCUT2D eigenvalue weighted by Crippen LogP contribution is -2.56. The molecule has 4 heterocycles. The number of hydrogen-bond donors (Lipinski definition) is 0. The molecular weight excluding hydrogens is 564 g/mol. The van der Waals surface area contributed by atoms with E-state index in [0.29, 0.717) is 32.6 Å². The van der Waals surface area contributed by atoms with Gasteiger partial charge in [-0.05, 0) is 43.5 Å². The minimum absolute atomic E-state index is 0.0541. The van der Waals surface area contributed by atoms with Crippen molar-refractivity contribution >= 4 is 28.2 Å². The first-order valence-electron chi connectivity index (χ1n) is 15.0. The van der Waals surface area contributed by atoms with Gasteiger partial charge in [0, 0.05) is 55.3 Å². The number of amides is 1. The number of alkyl halides is 2. The number of halogens is 2. The van der Waals surface area contributed by atoms with Crippen LogP contribution >= 0.6 is 0 Å². The molecule has 0 aliphatic carbocycles. The molecule has 3 aliphatic heterocycles. The molecule has 1 aromatic heterocycles. The van der Waals surface area contributed by atoms with Crippen molar-refractivity contribution in [2.24, 2.45) is 0 Å². The Labute approximate surface area is 256 Å². The summed E-state index contributed by atoms with van der Waals surface area (Å²) < 4.78 is 34.2. The standard InChI is InChI=1S/C33H37F2N7O2/c1-5-29(43)42-15-14-41(18-25(42)17-36-3)31-26-12-13-40(28-11-7-10-23-9-6-8-22(2)30(23)28)19-27(26)37-32(38-31)44-20-24-16-33(34,35)21-39(24)4/h5-11,24-25H,1,12-21H2,2,4H3/t24-,25-/m0/s1. The normalized spacial score (nSPS) is 21.7. The van der Waals surface area contributed by atoms with Gasteiger partial charge < -0.3 is 24.3 Å². The van der Waals surface area contributed by atoms with Crippen LogP contribution < -0.4 is 14.5 Å². The van der Waals surface area contributed by atoms with Crippen LogP contribution in [-0.4, -0.2) is 96.6 Å². The Kier molecular flexibility index (Phi) is 8.12. The van der Waals surface area contributed by atoms with Gasteiger partial charge in [-0.2, -0.15) is 9.97 Å². The summed E-state index contributed by atoms with van der Waals surface area (Å²) in [5.74, 6) is -2.21. The molecule has 0 unspecified atom stereocenters. The molecule has 0 N–H and O–H groups in total. The number of fused-ring (bicyclic) bond motifs is 2. The quantitative estimate of drug-likeness (QED) is 0.295. The molecule has 2 fully saturated rings. The van der Waals surface area contributed by atoms with E-state index in [1.54, 1.807) is 16.8 Å². The molecule has 2 aromatic carbocycles.